The SMILES string of the molecule is N#CC1(n2cc([C@H](NC(=O)c3cnoc3)C3CCCCC3)nn2)CC1. The van der Waals surface area contributed by atoms with Gasteiger partial charge in [-0.2, -0.15) is 5.26 Å². The van der Waals surface area contributed by atoms with Gasteiger partial charge >= 0.3 is 0 Å². The van der Waals surface area contributed by atoms with Gasteiger partial charge in [0, 0.05) is 0 Å². The third-order valence-corrected chi connectivity index (χ3v) is 5.30. The predicted molar refractivity (Wildman–Crippen MR) is 86.1 cm³/mol. The molecule has 0 radical (unpaired) electrons. The second-order valence-corrected chi connectivity index (χ2v) is 6.99. The monoisotopic (exact) mass is 340 g/mol. The third-order valence-electron chi connectivity index (χ3n) is 5.30. The van der Waals surface area contributed by atoms with Gasteiger partial charge in [-0.25, -0.2) is 4.68 Å². The van der Waals surface area contributed by atoms with E-state index in [1.807, 2.05) is 6.20 Å². The molecule has 0 bridgehead atoms. The molecule has 0 aliphatic heterocycles. The van der Waals surface area contributed by atoms with Crippen molar-refractivity contribution in [3.63, 3.8) is 0 Å². The van der Waals surface area contributed by atoms with Crippen LogP contribution >= 0.6 is 0 Å². The molecule has 2 aromatic rings. The van der Waals surface area contributed by atoms with E-state index in [1.54, 1.807) is 4.68 Å². The minimum Gasteiger partial charge on any atom is -0.364 e. The Morgan fingerprint density at radius 2 is 2.20 bits per heavy atom. The molecule has 2 aliphatic carbocycles. The largest absolute Gasteiger partial charge is 0.364 e. The fraction of sp³-hybridized carbons (Fsp3) is 0.588. The van der Waals surface area contributed by atoms with Crippen molar-refractivity contribution in [2.24, 2.45) is 5.92 Å². The molecule has 2 fully saturated rings. The Hall–Kier alpha value is -2.69. The molecular formula is C17H20N6O2. The van der Waals surface area contributed by atoms with Crippen LogP contribution in [0.1, 0.15) is 67.0 Å². The first-order valence-electron chi connectivity index (χ1n) is 8.76. The lowest BCUT2D eigenvalue weighted by atomic mass is 9.82. The van der Waals surface area contributed by atoms with Gasteiger partial charge in [0.1, 0.15) is 12.0 Å². The molecule has 2 heterocycles. The zero-order valence-corrected chi connectivity index (χ0v) is 13.9. The van der Waals surface area contributed by atoms with Gasteiger partial charge in [-0.1, -0.05) is 29.6 Å². The molecular weight excluding hydrogens is 320 g/mol. The molecule has 25 heavy (non-hydrogen) atoms. The van der Waals surface area contributed by atoms with Crippen molar-refractivity contribution in [2.45, 2.75) is 56.5 Å². The Balaban J connectivity index is 1.59. The van der Waals surface area contributed by atoms with E-state index in [0.29, 0.717) is 11.5 Å². The van der Waals surface area contributed by atoms with Gasteiger partial charge in [0.05, 0.1) is 30.1 Å². The summed E-state index contributed by atoms with van der Waals surface area (Å²) >= 11 is 0. The summed E-state index contributed by atoms with van der Waals surface area (Å²) < 4.78 is 6.42. The molecule has 0 spiro atoms. The highest BCUT2D eigenvalue weighted by Crippen LogP contribution is 2.42. The fourth-order valence-electron chi connectivity index (χ4n) is 3.58. The molecule has 4 rings (SSSR count). The standard InChI is InChI=1S/C17H20N6O2/c18-11-17(6-7-17)23-9-14(21-22-23)15(12-4-2-1-3-5-12)20-16(24)13-8-19-25-10-13/h8-10,12,15H,1-7H2,(H,20,24)/t15-/m1/s1. The molecule has 130 valence electrons. The molecule has 0 aromatic carbocycles. The van der Waals surface area contributed by atoms with Crippen molar-refractivity contribution in [1.82, 2.24) is 25.5 Å². The second-order valence-electron chi connectivity index (χ2n) is 6.99. The van der Waals surface area contributed by atoms with Crippen molar-refractivity contribution in [3.8, 4) is 6.07 Å². The van der Waals surface area contributed by atoms with Crippen LogP contribution in [0, 0.1) is 17.2 Å². The summed E-state index contributed by atoms with van der Waals surface area (Å²) in [4.78, 5) is 12.5. The minimum absolute atomic E-state index is 0.217. The number of hydrogen-bond acceptors (Lipinski definition) is 6. The topological polar surface area (TPSA) is 110 Å². The van der Waals surface area contributed by atoms with Crippen molar-refractivity contribution < 1.29 is 9.32 Å². The number of nitrogens with zero attached hydrogens (tertiary/aromatic N) is 5. The lowest BCUT2D eigenvalue weighted by Crippen LogP contribution is -2.34. The molecule has 8 heteroatoms. The van der Waals surface area contributed by atoms with Crippen molar-refractivity contribution >= 4 is 5.91 Å². The lowest BCUT2D eigenvalue weighted by Gasteiger charge is -2.29. The molecule has 2 saturated carbocycles. The maximum Gasteiger partial charge on any atom is 0.256 e. The summed E-state index contributed by atoms with van der Waals surface area (Å²) in [6, 6.07) is 2.10. The summed E-state index contributed by atoms with van der Waals surface area (Å²) in [5.74, 6) is 0.0905. The second kappa shape index (κ2) is 6.31. The van der Waals surface area contributed by atoms with E-state index in [0.717, 1.165) is 44.2 Å². The first-order chi connectivity index (χ1) is 12.2. The smallest absolute Gasteiger partial charge is 0.256 e. The minimum atomic E-state index is -0.541. The molecule has 0 unspecified atom stereocenters. The quantitative estimate of drug-likeness (QED) is 0.894. The zero-order chi connectivity index (χ0) is 17.3. The van der Waals surface area contributed by atoms with Crippen LogP contribution in [0.15, 0.2) is 23.2 Å². The summed E-state index contributed by atoms with van der Waals surface area (Å²) in [5, 5.41) is 24.5. The van der Waals surface area contributed by atoms with E-state index in [4.69, 9.17) is 4.52 Å². The van der Waals surface area contributed by atoms with Crippen LogP contribution in [-0.2, 0) is 5.54 Å². The highest BCUT2D eigenvalue weighted by molar-refractivity contribution is 5.93. The van der Waals surface area contributed by atoms with Crippen LogP contribution in [0.4, 0.5) is 0 Å². The Labute approximate surface area is 145 Å². The van der Waals surface area contributed by atoms with Crippen LogP contribution in [0.25, 0.3) is 0 Å². The van der Waals surface area contributed by atoms with E-state index >= 15 is 0 Å². The molecule has 0 saturated heterocycles. The molecule has 1 amide bonds. The lowest BCUT2D eigenvalue weighted by molar-refractivity contribution is 0.0910. The van der Waals surface area contributed by atoms with E-state index in [2.05, 4.69) is 26.9 Å². The number of nitriles is 1. The third kappa shape index (κ3) is 3.02. The van der Waals surface area contributed by atoms with E-state index in [-0.39, 0.29) is 11.9 Å². The van der Waals surface area contributed by atoms with Crippen LogP contribution in [0.5, 0.6) is 0 Å². The maximum absolute atomic E-state index is 12.5. The van der Waals surface area contributed by atoms with Gasteiger partial charge in [-0.3, -0.25) is 4.79 Å². The number of hydrogen-bond donors (Lipinski definition) is 1. The van der Waals surface area contributed by atoms with Gasteiger partial charge in [-0.15, -0.1) is 5.10 Å². The normalized spacial score (nSPS) is 20.6. The van der Waals surface area contributed by atoms with Gasteiger partial charge in [-0.05, 0) is 31.6 Å². The Bertz CT molecular complexity index is 780. The summed E-state index contributed by atoms with van der Waals surface area (Å²) in [5.41, 5.74) is 0.572. The number of amides is 1. The van der Waals surface area contributed by atoms with Gasteiger partial charge in [0.2, 0.25) is 0 Å². The van der Waals surface area contributed by atoms with E-state index in [9.17, 15) is 10.1 Å². The number of carbonyl (C=O) groups is 1. The first kappa shape index (κ1) is 15.8. The predicted octanol–water partition coefficient (Wildman–Crippen LogP) is 2.33. The van der Waals surface area contributed by atoms with Gasteiger partial charge in [0.15, 0.2) is 5.54 Å². The van der Waals surface area contributed by atoms with Crippen molar-refractivity contribution in [2.75, 3.05) is 0 Å². The summed E-state index contributed by atoms with van der Waals surface area (Å²) in [6.45, 7) is 0. The molecule has 2 aromatic heterocycles. The van der Waals surface area contributed by atoms with E-state index < -0.39 is 5.54 Å². The number of nitrogens with one attached hydrogen (secondary N) is 1. The van der Waals surface area contributed by atoms with Crippen LogP contribution in [-0.4, -0.2) is 26.1 Å². The first-order valence-corrected chi connectivity index (χ1v) is 8.76. The molecule has 2 aliphatic rings. The Morgan fingerprint density at radius 3 is 2.84 bits per heavy atom. The van der Waals surface area contributed by atoms with Crippen molar-refractivity contribution in [3.05, 3.63) is 29.9 Å². The molecule has 8 nitrogen and oxygen atoms in total. The number of carbonyl (C=O) groups excluding carboxylic acids is 1. The molecule has 1 atom stereocenters. The van der Waals surface area contributed by atoms with Crippen LogP contribution in [0.2, 0.25) is 0 Å². The molecule has 1 N–H and O–H groups in total. The fourth-order valence-corrected chi connectivity index (χ4v) is 3.58. The Kier molecular flexibility index (Phi) is 3.99. The highest BCUT2D eigenvalue weighted by atomic mass is 16.5. The zero-order valence-electron chi connectivity index (χ0n) is 13.9. The average molecular weight is 340 g/mol. The highest BCUT2D eigenvalue weighted by Gasteiger charge is 2.47. The average Bonchev–Trinajstić information content (AvgIpc) is 3.05. The number of aromatic nitrogens is 4. The Morgan fingerprint density at radius 1 is 1.40 bits per heavy atom. The summed E-state index contributed by atoms with van der Waals surface area (Å²) in [6.07, 6.45) is 11.8. The summed E-state index contributed by atoms with van der Waals surface area (Å²) in [7, 11) is 0. The van der Waals surface area contributed by atoms with Crippen LogP contribution < -0.4 is 5.32 Å². The van der Waals surface area contributed by atoms with E-state index in [1.165, 1.54) is 18.9 Å². The van der Waals surface area contributed by atoms with Gasteiger partial charge in [0.25, 0.3) is 5.91 Å². The van der Waals surface area contributed by atoms with Crippen molar-refractivity contribution in [1.29, 1.82) is 5.26 Å². The van der Waals surface area contributed by atoms with Crippen LogP contribution in [0.3, 0.4) is 0 Å². The number of rotatable bonds is 5. The maximum atomic E-state index is 12.5. The van der Waals surface area contributed by atoms with Gasteiger partial charge < -0.3 is 9.84 Å².